The number of rotatable bonds is 12. The molecule has 206 valence electrons. The van der Waals surface area contributed by atoms with Gasteiger partial charge in [0.15, 0.2) is 11.4 Å². The van der Waals surface area contributed by atoms with Crippen molar-refractivity contribution >= 4 is 25.4 Å². The Hall–Kier alpha value is -2.85. The topological polar surface area (TPSA) is 215 Å². The quantitative estimate of drug-likeness (QED) is 0.130. The number of phosphoric ester groups is 1. The molecule has 38 heavy (non-hydrogen) atoms. The molecule has 1 aliphatic heterocycles. The number of aliphatic hydroxyl groups excluding tert-OH is 3. The van der Waals surface area contributed by atoms with Gasteiger partial charge in [-0.05, 0) is 29.8 Å². The van der Waals surface area contributed by atoms with Crippen LogP contribution in [-0.2, 0) is 35.3 Å². The second-order valence-corrected chi connectivity index (χ2v) is 9.95. The van der Waals surface area contributed by atoms with Gasteiger partial charge in [0.25, 0.3) is 0 Å². The Morgan fingerprint density at radius 2 is 2.11 bits per heavy atom. The molecule has 7 N–H and O–H groups in total. The SMILES string of the molecule is N=C[C@@]1(c2ccc3c(N)ncnn23)O[C@H](COP(=O)(O)OC[C@@H](CO)OCc2cccc(F)c2)C(O)C1O. The molecule has 16 heteroatoms. The van der Waals surface area contributed by atoms with E-state index in [0.717, 1.165) is 6.21 Å². The first-order valence-electron chi connectivity index (χ1n) is 11.3. The number of nitrogens with zero attached hydrogens (tertiary/aromatic N) is 3. The van der Waals surface area contributed by atoms with Gasteiger partial charge in [0.1, 0.15) is 42.1 Å². The largest absolute Gasteiger partial charge is 0.472 e. The molecule has 14 nitrogen and oxygen atoms in total. The monoisotopic (exact) mass is 555 g/mol. The van der Waals surface area contributed by atoms with Crippen LogP contribution in [0.5, 0.6) is 0 Å². The lowest BCUT2D eigenvalue weighted by Gasteiger charge is -2.27. The summed E-state index contributed by atoms with van der Waals surface area (Å²) in [6, 6.07) is 8.63. The fraction of sp³-hybridized carbons (Fsp3) is 0.409. The Morgan fingerprint density at radius 1 is 1.32 bits per heavy atom. The Balaban J connectivity index is 1.37. The lowest BCUT2D eigenvalue weighted by Crippen LogP contribution is -2.43. The van der Waals surface area contributed by atoms with Crippen molar-refractivity contribution in [2.75, 3.05) is 25.6 Å². The molecule has 3 heterocycles. The molecule has 4 rings (SSSR count). The third kappa shape index (κ3) is 5.76. The number of fused-ring (bicyclic) bond motifs is 1. The Morgan fingerprint density at radius 3 is 2.82 bits per heavy atom. The normalized spacial score (nSPS) is 25.9. The van der Waals surface area contributed by atoms with Crippen LogP contribution in [0, 0.1) is 11.2 Å². The highest BCUT2D eigenvalue weighted by atomic mass is 31.2. The molecule has 1 aromatic carbocycles. The summed E-state index contributed by atoms with van der Waals surface area (Å²) in [6.07, 6.45) is -3.73. The maximum absolute atomic E-state index is 13.3. The first-order valence-corrected chi connectivity index (χ1v) is 12.8. The van der Waals surface area contributed by atoms with E-state index in [9.17, 15) is 29.2 Å². The van der Waals surface area contributed by atoms with E-state index in [-0.39, 0.29) is 18.1 Å². The third-order valence-electron chi connectivity index (χ3n) is 5.99. The zero-order chi connectivity index (χ0) is 27.5. The Kier molecular flexibility index (Phi) is 8.52. The van der Waals surface area contributed by atoms with Gasteiger partial charge in [-0.25, -0.2) is 18.5 Å². The van der Waals surface area contributed by atoms with Crippen LogP contribution in [0.25, 0.3) is 5.52 Å². The molecule has 1 aliphatic rings. The number of aromatic nitrogens is 3. The molecule has 0 saturated carbocycles. The van der Waals surface area contributed by atoms with Crippen molar-refractivity contribution in [2.24, 2.45) is 0 Å². The summed E-state index contributed by atoms with van der Waals surface area (Å²) in [7, 11) is -4.74. The smallest absolute Gasteiger partial charge is 0.394 e. The summed E-state index contributed by atoms with van der Waals surface area (Å²) in [5.41, 5.74) is 4.98. The second-order valence-electron chi connectivity index (χ2n) is 8.50. The van der Waals surface area contributed by atoms with Crippen molar-refractivity contribution in [3.05, 3.63) is 59.8 Å². The van der Waals surface area contributed by atoms with Gasteiger partial charge < -0.3 is 40.8 Å². The molecule has 0 spiro atoms. The number of benzene rings is 1. The van der Waals surface area contributed by atoms with E-state index < -0.39 is 63.5 Å². The van der Waals surface area contributed by atoms with Crippen molar-refractivity contribution in [3.8, 4) is 0 Å². The van der Waals surface area contributed by atoms with E-state index in [4.69, 9.17) is 29.7 Å². The van der Waals surface area contributed by atoms with Gasteiger partial charge in [-0.2, -0.15) is 5.10 Å². The summed E-state index contributed by atoms with van der Waals surface area (Å²) < 4.78 is 48.0. The maximum Gasteiger partial charge on any atom is 0.472 e. The fourth-order valence-electron chi connectivity index (χ4n) is 4.01. The van der Waals surface area contributed by atoms with Crippen LogP contribution in [0.15, 0.2) is 42.7 Å². The summed E-state index contributed by atoms with van der Waals surface area (Å²) in [6.45, 7) is -1.89. The molecule has 0 radical (unpaired) electrons. The lowest BCUT2D eigenvalue weighted by atomic mass is 9.92. The van der Waals surface area contributed by atoms with Gasteiger partial charge in [-0.1, -0.05) is 12.1 Å². The van der Waals surface area contributed by atoms with Gasteiger partial charge in [-0.3, -0.25) is 9.05 Å². The number of anilines is 1. The van der Waals surface area contributed by atoms with E-state index in [2.05, 4.69) is 10.1 Å². The van der Waals surface area contributed by atoms with E-state index in [1.54, 1.807) is 12.1 Å². The number of ether oxygens (including phenoxy) is 2. The molecule has 0 bridgehead atoms. The van der Waals surface area contributed by atoms with Crippen LogP contribution in [0.1, 0.15) is 11.3 Å². The predicted octanol–water partition coefficient (Wildman–Crippen LogP) is 0.127. The van der Waals surface area contributed by atoms with E-state index in [1.165, 1.54) is 35.1 Å². The van der Waals surface area contributed by atoms with Crippen LogP contribution < -0.4 is 5.73 Å². The number of nitrogens with two attached hydrogens (primary N) is 1. The summed E-state index contributed by atoms with van der Waals surface area (Å²) in [5.74, 6) is -0.328. The highest BCUT2D eigenvalue weighted by molar-refractivity contribution is 7.47. The minimum atomic E-state index is -4.74. The highest BCUT2D eigenvalue weighted by Crippen LogP contribution is 2.46. The van der Waals surface area contributed by atoms with Gasteiger partial charge in [0, 0.05) is 6.21 Å². The Bertz CT molecular complexity index is 1330. The fourth-order valence-corrected chi connectivity index (χ4v) is 4.77. The number of nitrogen functional groups attached to an aromatic ring is 1. The molecule has 1 saturated heterocycles. The number of hydrogen-bond donors (Lipinski definition) is 6. The van der Waals surface area contributed by atoms with Crippen LogP contribution in [0.3, 0.4) is 0 Å². The first kappa shape index (κ1) is 28.2. The van der Waals surface area contributed by atoms with Crippen LogP contribution in [0.4, 0.5) is 10.2 Å². The summed E-state index contributed by atoms with van der Waals surface area (Å²) in [4.78, 5) is 14.0. The standard InChI is InChI=1S/C22H27FN5O9P/c23-14-3-1-2-13(6-14)8-34-15(7-29)9-35-38(32,33)36-10-17-19(30)20(31)22(11-24,37-17)18-5-4-16-21(25)26-12-27-28(16)18/h1-6,11-12,15,17,19-20,24,29-31H,7-10H2,(H,32,33)(H2,25,26,27)/t15-,17-,19?,20?,22+/m1/s1. The van der Waals surface area contributed by atoms with Crippen LogP contribution in [-0.4, -0.2) is 85.3 Å². The first-order chi connectivity index (χ1) is 18.1. The molecular formula is C22H27FN5O9P. The molecule has 3 unspecified atom stereocenters. The lowest BCUT2D eigenvalue weighted by molar-refractivity contribution is -0.0582. The molecule has 3 aromatic rings. The van der Waals surface area contributed by atoms with Crippen LogP contribution >= 0.6 is 7.82 Å². The van der Waals surface area contributed by atoms with E-state index >= 15 is 0 Å². The van der Waals surface area contributed by atoms with Crippen molar-refractivity contribution in [1.29, 1.82) is 5.41 Å². The summed E-state index contributed by atoms with van der Waals surface area (Å²) >= 11 is 0. The van der Waals surface area contributed by atoms with Gasteiger partial charge in [-0.15, -0.1) is 0 Å². The van der Waals surface area contributed by atoms with E-state index in [1.807, 2.05) is 0 Å². The van der Waals surface area contributed by atoms with Gasteiger partial charge in [0.2, 0.25) is 0 Å². The molecule has 0 aliphatic carbocycles. The predicted molar refractivity (Wildman–Crippen MR) is 129 cm³/mol. The minimum Gasteiger partial charge on any atom is -0.394 e. The number of aliphatic hydroxyl groups is 3. The maximum atomic E-state index is 13.3. The van der Waals surface area contributed by atoms with Crippen molar-refractivity contribution in [2.45, 2.75) is 36.6 Å². The molecule has 1 fully saturated rings. The third-order valence-corrected chi connectivity index (χ3v) is 6.94. The Labute approximate surface area is 215 Å². The molecular weight excluding hydrogens is 528 g/mol. The number of nitrogens with one attached hydrogen (secondary N) is 1. The average Bonchev–Trinajstić information content (AvgIpc) is 3.44. The number of phosphoric acid groups is 1. The minimum absolute atomic E-state index is 0.0837. The average molecular weight is 555 g/mol. The summed E-state index contributed by atoms with van der Waals surface area (Å²) in [5, 5.41) is 42.8. The molecule has 0 amide bonds. The van der Waals surface area contributed by atoms with Crippen molar-refractivity contribution < 1.29 is 47.7 Å². The van der Waals surface area contributed by atoms with E-state index in [0.29, 0.717) is 11.1 Å². The van der Waals surface area contributed by atoms with Gasteiger partial charge >= 0.3 is 7.82 Å². The zero-order valence-corrected chi connectivity index (χ0v) is 20.7. The number of halogens is 1. The highest BCUT2D eigenvalue weighted by Gasteiger charge is 2.56. The van der Waals surface area contributed by atoms with Gasteiger partial charge in [0.05, 0.1) is 32.1 Å². The number of hydrogen-bond acceptors (Lipinski definition) is 12. The molecule has 6 atom stereocenters. The molecule has 2 aromatic heterocycles. The van der Waals surface area contributed by atoms with Crippen molar-refractivity contribution in [3.63, 3.8) is 0 Å². The van der Waals surface area contributed by atoms with Crippen LogP contribution in [0.2, 0.25) is 0 Å². The zero-order valence-electron chi connectivity index (χ0n) is 19.8. The van der Waals surface area contributed by atoms with Crippen molar-refractivity contribution in [1.82, 2.24) is 14.6 Å². The second kappa shape index (κ2) is 11.5.